The van der Waals surface area contributed by atoms with Gasteiger partial charge in [0.25, 0.3) is 0 Å². The normalized spacial score (nSPS) is 10.9. The van der Waals surface area contributed by atoms with Gasteiger partial charge < -0.3 is 9.45 Å². The van der Waals surface area contributed by atoms with Crippen molar-refractivity contribution >= 4 is 39.5 Å². The Morgan fingerprint density at radius 1 is 1.11 bits per heavy atom. The minimum Gasteiger partial charge on any atom is -0.748 e. The van der Waals surface area contributed by atoms with Crippen LogP contribution in [0, 0.1) is 0 Å². The first kappa shape index (κ1) is 22.4. The first-order valence-electron chi connectivity index (χ1n) is 5.62. The molecule has 19 heavy (non-hydrogen) atoms. The standard InChI is InChI=1S/C10H21NO4S3.Na/c1-11(2)10(12)9-17-6-3-5-16-7-4-8-18(13,14)15;/h3-9H2,1-2H3,(H,13,14,15);/q;+1/p-1. The van der Waals surface area contributed by atoms with Gasteiger partial charge in [0, 0.05) is 19.8 Å². The Morgan fingerprint density at radius 3 is 2.16 bits per heavy atom. The molecule has 0 aromatic carbocycles. The van der Waals surface area contributed by atoms with Crippen molar-refractivity contribution in [3.05, 3.63) is 0 Å². The van der Waals surface area contributed by atoms with Gasteiger partial charge in [0.15, 0.2) is 0 Å². The molecule has 0 spiro atoms. The summed E-state index contributed by atoms with van der Waals surface area (Å²) in [6, 6.07) is 0. The summed E-state index contributed by atoms with van der Waals surface area (Å²) in [7, 11) is -0.575. The number of amides is 1. The smallest absolute Gasteiger partial charge is 0.748 e. The average Bonchev–Trinajstić information content (AvgIpc) is 2.24. The zero-order valence-corrected chi connectivity index (χ0v) is 16.2. The van der Waals surface area contributed by atoms with Crippen LogP contribution in [0.3, 0.4) is 0 Å². The topological polar surface area (TPSA) is 77.5 Å². The zero-order valence-electron chi connectivity index (χ0n) is 11.8. The number of carbonyl (C=O) groups excluding carboxylic acids is 1. The Balaban J connectivity index is 0. The van der Waals surface area contributed by atoms with Crippen LogP contribution in [-0.2, 0) is 14.9 Å². The van der Waals surface area contributed by atoms with Gasteiger partial charge in [-0.05, 0) is 30.1 Å². The summed E-state index contributed by atoms with van der Waals surface area (Å²) in [4.78, 5) is 12.8. The number of hydrogen-bond acceptors (Lipinski definition) is 6. The summed E-state index contributed by atoms with van der Waals surface area (Å²) >= 11 is 3.25. The third kappa shape index (κ3) is 17.0. The van der Waals surface area contributed by atoms with E-state index < -0.39 is 10.1 Å². The van der Waals surface area contributed by atoms with Crippen molar-refractivity contribution in [1.29, 1.82) is 0 Å². The molecular formula is C10H20NNaO4S3. The molecule has 0 saturated heterocycles. The molecule has 9 heteroatoms. The van der Waals surface area contributed by atoms with E-state index in [-0.39, 0.29) is 41.2 Å². The Kier molecular flexibility index (Phi) is 15.1. The zero-order chi connectivity index (χ0) is 14.0. The largest absolute Gasteiger partial charge is 1.00 e. The first-order chi connectivity index (χ1) is 8.33. The molecule has 0 aliphatic carbocycles. The van der Waals surface area contributed by atoms with Gasteiger partial charge >= 0.3 is 29.6 Å². The van der Waals surface area contributed by atoms with Gasteiger partial charge in [-0.25, -0.2) is 8.42 Å². The molecular weight excluding hydrogens is 317 g/mol. The van der Waals surface area contributed by atoms with E-state index in [1.54, 1.807) is 42.5 Å². The average molecular weight is 337 g/mol. The van der Waals surface area contributed by atoms with Crippen LogP contribution in [-0.4, -0.2) is 66.6 Å². The van der Waals surface area contributed by atoms with Crippen LogP contribution in [0.15, 0.2) is 0 Å². The molecule has 0 aromatic rings. The van der Waals surface area contributed by atoms with E-state index in [0.717, 1.165) is 17.9 Å². The molecule has 1 amide bonds. The summed E-state index contributed by atoms with van der Waals surface area (Å²) in [6.45, 7) is 0. The van der Waals surface area contributed by atoms with Gasteiger partial charge in [-0.2, -0.15) is 23.5 Å². The van der Waals surface area contributed by atoms with Crippen molar-refractivity contribution in [3.8, 4) is 0 Å². The van der Waals surface area contributed by atoms with Crippen molar-refractivity contribution < 1.29 is 47.3 Å². The Bertz CT molecular complexity index is 336. The maximum absolute atomic E-state index is 11.2. The molecule has 0 aliphatic heterocycles. The van der Waals surface area contributed by atoms with Gasteiger partial charge in [-0.1, -0.05) is 0 Å². The number of nitrogens with zero attached hydrogens (tertiary/aromatic N) is 1. The van der Waals surface area contributed by atoms with E-state index in [1.807, 2.05) is 0 Å². The first-order valence-corrected chi connectivity index (χ1v) is 9.51. The molecule has 0 saturated carbocycles. The van der Waals surface area contributed by atoms with Crippen LogP contribution >= 0.6 is 23.5 Å². The fraction of sp³-hybridized carbons (Fsp3) is 0.900. The van der Waals surface area contributed by atoms with Crippen molar-refractivity contribution in [3.63, 3.8) is 0 Å². The minimum absolute atomic E-state index is 0. The fourth-order valence-corrected chi connectivity index (χ4v) is 3.68. The van der Waals surface area contributed by atoms with Crippen molar-refractivity contribution in [2.45, 2.75) is 12.8 Å². The molecule has 108 valence electrons. The molecule has 0 aliphatic rings. The SMILES string of the molecule is CN(C)C(=O)CSCCCSCCCS(=O)(=O)[O-].[Na+]. The van der Waals surface area contributed by atoms with Crippen LogP contribution in [0.5, 0.6) is 0 Å². The summed E-state index contributed by atoms with van der Waals surface area (Å²) in [5, 5.41) is 0. The van der Waals surface area contributed by atoms with Gasteiger partial charge in [0.05, 0.1) is 15.9 Å². The quantitative estimate of drug-likeness (QED) is 0.257. The summed E-state index contributed by atoms with van der Waals surface area (Å²) in [5.74, 6) is 2.91. The van der Waals surface area contributed by atoms with Crippen molar-refractivity contribution in [2.24, 2.45) is 0 Å². The molecule has 0 aromatic heterocycles. The summed E-state index contributed by atoms with van der Waals surface area (Å²) < 4.78 is 31.0. The van der Waals surface area contributed by atoms with Gasteiger partial charge in [-0.3, -0.25) is 4.79 Å². The molecule has 0 fully saturated rings. The Hall–Kier alpha value is 1.08. The fourth-order valence-electron chi connectivity index (χ4n) is 0.991. The van der Waals surface area contributed by atoms with Crippen molar-refractivity contribution in [1.82, 2.24) is 4.90 Å². The van der Waals surface area contributed by atoms with E-state index in [9.17, 15) is 17.8 Å². The maximum Gasteiger partial charge on any atom is 1.00 e. The number of rotatable bonds is 10. The van der Waals surface area contributed by atoms with Gasteiger partial charge in [0.1, 0.15) is 0 Å². The molecule has 0 radical (unpaired) electrons. The number of hydrogen-bond donors (Lipinski definition) is 0. The van der Waals surface area contributed by atoms with Crippen molar-refractivity contribution in [2.75, 3.05) is 42.9 Å². The maximum atomic E-state index is 11.2. The van der Waals surface area contributed by atoms with Crippen LogP contribution in [0.1, 0.15) is 12.8 Å². The van der Waals surface area contributed by atoms with Crippen LogP contribution < -0.4 is 29.6 Å². The number of carbonyl (C=O) groups is 1. The Labute approximate surface area is 146 Å². The summed E-state index contributed by atoms with van der Waals surface area (Å²) in [6.07, 6.45) is 1.41. The number of thioether (sulfide) groups is 2. The van der Waals surface area contributed by atoms with Gasteiger partial charge in [0.2, 0.25) is 5.91 Å². The minimum atomic E-state index is -4.05. The molecule has 0 unspecified atom stereocenters. The Morgan fingerprint density at radius 2 is 1.63 bits per heavy atom. The second kappa shape index (κ2) is 12.8. The monoisotopic (exact) mass is 337 g/mol. The molecule has 0 bridgehead atoms. The van der Waals surface area contributed by atoms with E-state index in [2.05, 4.69) is 0 Å². The predicted octanol–water partition coefficient (Wildman–Crippen LogP) is -2.13. The van der Waals surface area contributed by atoms with E-state index >= 15 is 0 Å². The molecule has 0 N–H and O–H groups in total. The van der Waals surface area contributed by atoms with Gasteiger partial charge in [-0.15, -0.1) is 0 Å². The van der Waals surface area contributed by atoms with E-state index in [4.69, 9.17) is 0 Å². The second-order valence-corrected chi connectivity index (χ2v) is 7.78. The van der Waals surface area contributed by atoms with E-state index in [0.29, 0.717) is 17.9 Å². The van der Waals surface area contributed by atoms with Crippen LogP contribution in [0.25, 0.3) is 0 Å². The van der Waals surface area contributed by atoms with E-state index in [1.165, 1.54) is 0 Å². The van der Waals surface area contributed by atoms with Crippen LogP contribution in [0.2, 0.25) is 0 Å². The summed E-state index contributed by atoms with van der Waals surface area (Å²) in [5.41, 5.74) is 0. The second-order valence-electron chi connectivity index (χ2n) is 3.92. The molecule has 0 atom stereocenters. The predicted molar refractivity (Wildman–Crippen MR) is 77.1 cm³/mol. The third-order valence-corrected chi connectivity index (χ3v) is 4.96. The van der Waals surface area contributed by atoms with Crippen LogP contribution in [0.4, 0.5) is 0 Å². The molecule has 0 heterocycles. The molecule has 5 nitrogen and oxygen atoms in total. The molecule has 0 rings (SSSR count). The third-order valence-electron chi connectivity index (χ3n) is 1.98.